The van der Waals surface area contributed by atoms with Gasteiger partial charge in [-0.2, -0.15) is 0 Å². The second kappa shape index (κ2) is 8.71. The zero-order chi connectivity index (χ0) is 22.4. The number of hydrogen-bond donors (Lipinski definition) is 0. The number of carbonyl (C=O) groups excluding carboxylic acids is 1. The summed E-state index contributed by atoms with van der Waals surface area (Å²) in [6, 6.07) is 0. The monoisotopic (exact) mass is 426 g/mol. The van der Waals surface area contributed by atoms with Crippen LogP contribution in [0.1, 0.15) is 106 Å². The Morgan fingerprint density at radius 2 is 1.90 bits per heavy atom. The van der Waals surface area contributed by atoms with Gasteiger partial charge < -0.3 is 4.74 Å². The summed E-state index contributed by atoms with van der Waals surface area (Å²) >= 11 is 0. The smallest absolute Gasteiger partial charge is 0.302 e. The van der Waals surface area contributed by atoms with Gasteiger partial charge in [0.25, 0.3) is 0 Å². The van der Waals surface area contributed by atoms with Crippen LogP contribution < -0.4 is 0 Å². The van der Waals surface area contributed by atoms with E-state index < -0.39 is 0 Å². The summed E-state index contributed by atoms with van der Waals surface area (Å²) in [6.45, 7) is 13.8. The Morgan fingerprint density at radius 1 is 1.13 bits per heavy atom. The van der Waals surface area contributed by atoms with Crippen molar-refractivity contribution >= 4 is 5.97 Å². The maximum absolute atomic E-state index is 11.5. The highest BCUT2D eigenvalue weighted by molar-refractivity contribution is 5.66. The molecule has 7 atom stereocenters. The van der Waals surface area contributed by atoms with E-state index in [0.29, 0.717) is 10.8 Å². The van der Waals surface area contributed by atoms with Gasteiger partial charge in [0.15, 0.2) is 0 Å². The molecule has 0 aromatic heterocycles. The SMILES string of the molecule is CC(=O)O[C@@H]1CC[C@@]2(C)C(=CC[C@H]3[C@@H]4CC[C@H](/C(C)=C\CCC(C)C)[C@@]4(C)CC[C@@H]32)C1. The maximum Gasteiger partial charge on any atom is 0.302 e. The van der Waals surface area contributed by atoms with Gasteiger partial charge in [0.2, 0.25) is 0 Å². The average Bonchev–Trinajstić information content (AvgIpc) is 3.05. The molecule has 3 fully saturated rings. The molecule has 4 rings (SSSR count). The molecule has 0 aromatic rings. The number of allylic oxidation sites excluding steroid dienone is 3. The van der Waals surface area contributed by atoms with Gasteiger partial charge in [-0.15, -0.1) is 0 Å². The summed E-state index contributed by atoms with van der Waals surface area (Å²) < 4.78 is 5.61. The van der Waals surface area contributed by atoms with Crippen LogP contribution in [-0.4, -0.2) is 12.1 Å². The summed E-state index contributed by atoms with van der Waals surface area (Å²) in [6.07, 6.45) is 17.9. The van der Waals surface area contributed by atoms with Gasteiger partial charge in [-0.05, 0) is 105 Å². The molecule has 0 heterocycles. The van der Waals surface area contributed by atoms with Crippen molar-refractivity contribution in [3.63, 3.8) is 0 Å². The third-order valence-electron chi connectivity index (χ3n) is 10.2. The summed E-state index contributed by atoms with van der Waals surface area (Å²) in [5.74, 6) is 4.03. The molecule has 0 bridgehead atoms. The van der Waals surface area contributed by atoms with E-state index in [1.165, 1.54) is 51.4 Å². The zero-order valence-corrected chi connectivity index (χ0v) is 21.0. The normalized spacial score (nSPS) is 42.5. The molecule has 31 heavy (non-hydrogen) atoms. The molecule has 0 spiro atoms. The Balaban J connectivity index is 1.50. The van der Waals surface area contributed by atoms with Crippen LogP contribution in [0.4, 0.5) is 0 Å². The molecule has 2 nitrogen and oxygen atoms in total. The molecule has 3 saturated carbocycles. The van der Waals surface area contributed by atoms with E-state index in [4.69, 9.17) is 4.74 Å². The Labute approximate surface area is 191 Å². The molecule has 2 heteroatoms. The largest absolute Gasteiger partial charge is 0.462 e. The molecule has 0 radical (unpaired) electrons. The topological polar surface area (TPSA) is 26.3 Å². The summed E-state index contributed by atoms with van der Waals surface area (Å²) in [5, 5.41) is 0. The minimum atomic E-state index is -0.120. The van der Waals surface area contributed by atoms with Gasteiger partial charge in [0.1, 0.15) is 6.10 Å². The fraction of sp³-hybridized carbons (Fsp3) is 0.828. The quantitative estimate of drug-likeness (QED) is 0.330. The first-order chi connectivity index (χ1) is 14.6. The van der Waals surface area contributed by atoms with Crippen LogP contribution >= 0.6 is 0 Å². The van der Waals surface area contributed by atoms with Crippen molar-refractivity contribution in [2.75, 3.05) is 0 Å². The van der Waals surface area contributed by atoms with Gasteiger partial charge in [-0.3, -0.25) is 4.79 Å². The van der Waals surface area contributed by atoms with Crippen molar-refractivity contribution in [1.82, 2.24) is 0 Å². The Morgan fingerprint density at radius 3 is 2.61 bits per heavy atom. The predicted octanol–water partition coefficient (Wildman–Crippen LogP) is 7.88. The number of esters is 1. The Kier molecular flexibility index (Phi) is 6.50. The van der Waals surface area contributed by atoms with Crippen LogP contribution in [-0.2, 0) is 9.53 Å². The van der Waals surface area contributed by atoms with E-state index in [1.807, 2.05) is 0 Å². The molecular weight excluding hydrogens is 380 g/mol. The highest BCUT2D eigenvalue weighted by Gasteiger charge is 2.58. The van der Waals surface area contributed by atoms with E-state index >= 15 is 0 Å². The lowest BCUT2D eigenvalue weighted by Gasteiger charge is -2.58. The molecule has 0 saturated heterocycles. The van der Waals surface area contributed by atoms with Crippen molar-refractivity contribution in [3.8, 4) is 0 Å². The number of rotatable bonds is 5. The van der Waals surface area contributed by atoms with E-state index in [1.54, 1.807) is 18.1 Å². The van der Waals surface area contributed by atoms with E-state index in [0.717, 1.165) is 42.4 Å². The first-order valence-electron chi connectivity index (χ1n) is 13.2. The van der Waals surface area contributed by atoms with Crippen LogP contribution in [0.2, 0.25) is 0 Å². The highest BCUT2D eigenvalue weighted by atomic mass is 16.5. The maximum atomic E-state index is 11.5. The third-order valence-corrected chi connectivity index (χ3v) is 10.2. The third kappa shape index (κ3) is 4.18. The lowest BCUT2D eigenvalue weighted by Crippen LogP contribution is -2.50. The first kappa shape index (κ1) is 23.1. The van der Waals surface area contributed by atoms with E-state index in [2.05, 4.69) is 46.8 Å². The van der Waals surface area contributed by atoms with Crippen LogP contribution in [0.25, 0.3) is 0 Å². The number of hydrogen-bond acceptors (Lipinski definition) is 2. The Bertz CT molecular complexity index is 746. The molecule has 0 aliphatic heterocycles. The van der Waals surface area contributed by atoms with E-state index in [9.17, 15) is 4.79 Å². The second-order valence-corrected chi connectivity index (χ2v) is 12.3. The van der Waals surface area contributed by atoms with Gasteiger partial charge in [0.05, 0.1) is 0 Å². The predicted molar refractivity (Wildman–Crippen MR) is 129 cm³/mol. The van der Waals surface area contributed by atoms with Gasteiger partial charge in [-0.1, -0.05) is 51.0 Å². The zero-order valence-electron chi connectivity index (χ0n) is 21.0. The molecule has 4 aliphatic carbocycles. The van der Waals surface area contributed by atoms with Crippen molar-refractivity contribution in [3.05, 3.63) is 23.3 Å². The molecule has 4 aliphatic rings. The molecule has 174 valence electrons. The Hall–Kier alpha value is -1.05. The molecule has 0 amide bonds. The van der Waals surface area contributed by atoms with Gasteiger partial charge >= 0.3 is 5.97 Å². The fourth-order valence-electron chi connectivity index (χ4n) is 8.50. The van der Waals surface area contributed by atoms with Crippen molar-refractivity contribution in [2.24, 2.45) is 40.4 Å². The standard InChI is InChI=1S/C29H46O2/c1-19(2)8-7-9-20(3)25-12-13-26-24-11-10-22-18-23(31-21(4)30)14-16-28(22,5)27(24)15-17-29(25,26)6/h9-10,19,23-27H,7-8,11-18H2,1-6H3/b20-9-/t23-,24+,25-,26+,27+,28+,29-/m1/s1. The first-order valence-corrected chi connectivity index (χ1v) is 13.2. The molecule has 0 aromatic carbocycles. The number of ether oxygens (including phenoxy) is 1. The summed E-state index contributed by atoms with van der Waals surface area (Å²) in [4.78, 5) is 11.5. The lowest BCUT2D eigenvalue weighted by molar-refractivity contribution is -0.148. The molecular formula is C29H46O2. The number of carbonyl (C=O) groups is 1. The summed E-state index contributed by atoms with van der Waals surface area (Å²) in [5.41, 5.74) is 4.12. The fourth-order valence-corrected chi connectivity index (χ4v) is 8.50. The van der Waals surface area contributed by atoms with Crippen molar-refractivity contribution < 1.29 is 9.53 Å². The summed E-state index contributed by atoms with van der Waals surface area (Å²) in [7, 11) is 0. The van der Waals surface area contributed by atoms with Crippen molar-refractivity contribution in [1.29, 1.82) is 0 Å². The van der Waals surface area contributed by atoms with Gasteiger partial charge in [-0.25, -0.2) is 0 Å². The minimum Gasteiger partial charge on any atom is -0.462 e. The van der Waals surface area contributed by atoms with Crippen LogP contribution in [0, 0.1) is 40.4 Å². The van der Waals surface area contributed by atoms with Gasteiger partial charge in [0, 0.05) is 13.3 Å². The van der Waals surface area contributed by atoms with Crippen LogP contribution in [0.5, 0.6) is 0 Å². The minimum absolute atomic E-state index is 0.108. The molecule has 0 unspecified atom stereocenters. The number of fused-ring (bicyclic) bond motifs is 5. The van der Waals surface area contributed by atoms with Crippen molar-refractivity contribution in [2.45, 2.75) is 112 Å². The van der Waals surface area contributed by atoms with Crippen LogP contribution in [0.3, 0.4) is 0 Å². The highest BCUT2D eigenvalue weighted by Crippen LogP contribution is 2.67. The van der Waals surface area contributed by atoms with E-state index in [-0.39, 0.29) is 12.1 Å². The second-order valence-electron chi connectivity index (χ2n) is 12.3. The molecule has 0 N–H and O–H groups in total. The van der Waals surface area contributed by atoms with Crippen LogP contribution in [0.15, 0.2) is 23.3 Å². The lowest BCUT2D eigenvalue weighted by atomic mass is 9.47. The average molecular weight is 427 g/mol.